The van der Waals surface area contributed by atoms with Crippen LogP contribution in [0.1, 0.15) is 39.5 Å². The second kappa shape index (κ2) is 3.32. The molecule has 74 valence electrons. The summed E-state index contributed by atoms with van der Waals surface area (Å²) in [6.45, 7) is 3.91. The smallest absolute Gasteiger partial charge is 0.217 e. The molecule has 0 aromatic carbocycles. The highest BCUT2D eigenvalue weighted by Crippen LogP contribution is 2.49. The second-order valence-electron chi connectivity index (χ2n) is 4.71. The lowest BCUT2D eigenvalue weighted by Crippen LogP contribution is -2.39. The number of hydrogen-bond acceptors (Lipinski definition) is 1. The van der Waals surface area contributed by atoms with Crippen molar-refractivity contribution >= 4 is 5.91 Å². The summed E-state index contributed by atoms with van der Waals surface area (Å²) in [4.78, 5) is 11.0. The monoisotopic (exact) mass is 181 g/mol. The van der Waals surface area contributed by atoms with Crippen molar-refractivity contribution in [2.75, 3.05) is 0 Å². The lowest BCUT2D eigenvalue weighted by molar-refractivity contribution is -0.120. The Balaban J connectivity index is 1.97. The van der Waals surface area contributed by atoms with Gasteiger partial charge >= 0.3 is 0 Å². The summed E-state index contributed by atoms with van der Waals surface area (Å²) in [5.74, 6) is 2.73. The molecule has 0 radical (unpaired) electrons. The number of amides is 1. The Hall–Kier alpha value is -0.530. The first-order chi connectivity index (χ1) is 6.20. The normalized spacial score (nSPS) is 42.3. The summed E-state index contributed by atoms with van der Waals surface area (Å²) in [5.41, 5.74) is 0. The highest BCUT2D eigenvalue weighted by molar-refractivity contribution is 5.73. The van der Waals surface area contributed by atoms with Crippen molar-refractivity contribution in [3.05, 3.63) is 0 Å². The molecule has 0 spiro atoms. The first kappa shape index (κ1) is 9.04. The zero-order valence-corrected chi connectivity index (χ0v) is 8.55. The van der Waals surface area contributed by atoms with Crippen molar-refractivity contribution in [1.29, 1.82) is 0 Å². The fourth-order valence-electron chi connectivity index (χ4n) is 3.39. The van der Waals surface area contributed by atoms with Crippen LogP contribution in [0.3, 0.4) is 0 Å². The van der Waals surface area contributed by atoms with Crippen LogP contribution in [0.2, 0.25) is 0 Å². The van der Waals surface area contributed by atoms with E-state index in [1.807, 2.05) is 0 Å². The van der Waals surface area contributed by atoms with Gasteiger partial charge in [0.15, 0.2) is 0 Å². The third-order valence-corrected chi connectivity index (χ3v) is 3.86. The fourth-order valence-corrected chi connectivity index (χ4v) is 3.39. The van der Waals surface area contributed by atoms with Crippen molar-refractivity contribution in [2.24, 2.45) is 17.8 Å². The molecule has 0 aliphatic heterocycles. The van der Waals surface area contributed by atoms with E-state index in [1.54, 1.807) is 6.92 Å². The molecule has 2 fully saturated rings. The average Bonchev–Trinajstić information content (AvgIpc) is 2.60. The van der Waals surface area contributed by atoms with Crippen LogP contribution in [-0.2, 0) is 4.79 Å². The maximum absolute atomic E-state index is 11.0. The Kier molecular flexibility index (Phi) is 2.31. The van der Waals surface area contributed by atoms with Gasteiger partial charge in [-0.15, -0.1) is 0 Å². The molecule has 0 heterocycles. The van der Waals surface area contributed by atoms with Crippen molar-refractivity contribution in [3.8, 4) is 0 Å². The molecule has 0 aromatic heterocycles. The molecule has 0 unspecified atom stereocenters. The summed E-state index contributed by atoms with van der Waals surface area (Å²) in [6.07, 6.45) is 5.30. The van der Waals surface area contributed by atoms with E-state index in [0.29, 0.717) is 6.04 Å². The predicted octanol–water partition coefficient (Wildman–Crippen LogP) is 1.95. The van der Waals surface area contributed by atoms with Crippen LogP contribution in [0.25, 0.3) is 0 Å². The molecule has 13 heavy (non-hydrogen) atoms. The van der Waals surface area contributed by atoms with E-state index in [1.165, 1.54) is 25.7 Å². The zero-order chi connectivity index (χ0) is 9.42. The van der Waals surface area contributed by atoms with E-state index in [0.717, 1.165) is 17.8 Å². The SMILES string of the molecule is CC[C@H]1C[C@H]2C[C@@H]1[C@H](NC(C)=O)C2. The Bertz CT molecular complexity index is 214. The van der Waals surface area contributed by atoms with Crippen molar-refractivity contribution in [3.63, 3.8) is 0 Å². The fraction of sp³-hybridized carbons (Fsp3) is 0.909. The van der Waals surface area contributed by atoms with E-state index >= 15 is 0 Å². The van der Waals surface area contributed by atoms with Gasteiger partial charge in [-0.25, -0.2) is 0 Å². The molecule has 2 saturated carbocycles. The van der Waals surface area contributed by atoms with Crippen LogP contribution in [0.4, 0.5) is 0 Å². The van der Waals surface area contributed by atoms with E-state index in [-0.39, 0.29) is 5.91 Å². The number of carbonyl (C=O) groups excluding carboxylic acids is 1. The minimum absolute atomic E-state index is 0.146. The summed E-state index contributed by atoms with van der Waals surface area (Å²) < 4.78 is 0. The average molecular weight is 181 g/mol. The first-order valence-electron chi connectivity index (χ1n) is 5.47. The van der Waals surface area contributed by atoms with Crippen LogP contribution in [0.5, 0.6) is 0 Å². The summed E-state index contributed by atoms with van der Waals surface area (Å²) >= 11 is 0. The van der Waals surface area contributed by atoms with Crippen molar-refractivity contribution in [2.45, 2.75) is 45.6 Å². The van der Waals surface area contributed by atoms with Crippen molar-refractivity contribution in [1.82, 2.24) is 5.32 Å². The third kappa shape index (κ3) is 1.59. The Morgan fingerprint density at radius 1 is 1.38 bits per heavy atom. The van der Waals surface area contributed by atoms with Gasteiger partial charge in [-0.2, -0.15) is 0 Å². The van der Waals surface area contributed by atoms with E-state index < -0.39 is 0 Å². The minimum Gasteiger partial charge on any atom is -0.353 e. The highest BCUT2D eigenvalue weighted by atomic mass is 16.1. The van der Waals surface area contributed by atoms with Crippen LogP contribution in [-0.4, -0.2) is 11.9 Å². The van der Waals surface area contributed by atoms with E-state index in [2.05, 4.69) is 12.2 Å². The second-order valence-corrected chi connectivity index (χ2v) is 4.71. The maximum Gasteiger partial charge on any atom is 0.217 e. The van der Waals surface area contributed by atoms with Crippen LogP contribution in [0.15, 0.2) is 0 Å². The lowest BCUT2D eigenvalue weighted by Gasteiger charge is -2.29. The molecule has 0 saturated heterocycles. The van der Waals surface area contributed by atoms with Gasteiger partial charge in [0.2, 0.25) is 5.91 Å². The lowest BCUT2D eigenvalue weighted by atomic mass is 9.83. The van der Waals surface area contributed by atoms with Gasteiger partial charge in [0.1, 0.15) is 0 Å². The van der Waals surface area contributed by atoms with E-state index in [9.17, 15) is 4.79 Å². The molecule has 2 rings (SSSR count). The molecule has 1 amide bonds. The Morgan fingerprint density at radius 3 is 2.69 bits per heavy atom. The molecule has 0 aromatic rings. The van der Waals surface area contributed by atoms with Crippen LogP contribution >= 0.6 is 0 Å². The standard InChI is InChI=1S/C11H19NO/c1-3-9-4-8-5-10(9)11(6-8)12-7(2)13/h8-11H,3-6H2,1-2H3,(H,12,13)/t8-,9-,10-,11+/m0/s1. The predicted molar refractivity (Wildman–Crippen MR) is 52.2 cm³/mol. The van der Waals surface area contributed by atoms with Gasteiger partial charge in [-0.05, 0) is 37.0 Å². The molecule has 2 nitrogen and oxygen atoms in total. The molecule has 2 heteroatoms. The maximum atomic E-state index is 11.0. The van der Waals surface area contributed by atoms with Gasteiger partial charge in [0.25, 0.3) is 0 Å². The first-order valence-corrected chi connectivity index (χ1v) is 5.47. The summed E-state index contributed by atoms with van der Waals surface area (Å²) in [6, 6.07) is 0.501. The molecule has 2 aliphatic rings. The van der Waals surface area contributed by atoms with Gasteiger partial charge < -0.3 is 5.32 Å². The molecule has 4 atom stereocenters. The van der Waals surface area contributed by atoms with Gasteiger partial charge in [0, 0.05) is 13.0 Å². The van der Waals surface area contributed by atoms with Crippen LogP contribution in [0, 0.1) is 17.8 Å². The largest absolute Gasteiger partial charge is 0.353 e. The Morgan fingerprint density at radius 2 is 2.15 bits per heavy atom. The quantitative estimate of drug-likeness (QED) is 0.693. The highest BCUT2D eigenvalue weighted by Gasteiger charge is 2.45. The molecule has 2 aliphatic carbocycles. The molecular weight excluding hydrogens is 162 g/mol. The number of carbonyl (C=O) groups is 1. The zero-order valence-electron chi connectivity index (χ0n) is 8.55. The number of fused-ring (bicyclic) bond motifs is 2. The third-order valence-electron chi connectivity index (χ3n) is 3.86. The molecular formula is C11H19NO. The topological polar surface area (TPSA) is 29.1 Å². The molecule has 1 N–H and O–H groups in total. The van der Waals surface area contributed by atoms with Crippen molar-refractivity contribution < 1.29 is 4.79 Å². The summed E-state index contributed by atoms with van der Waals surface area (Å²) in [7, 11) is 0. The number of nitrogens with one attached hydrogen (secondary N) is 1. The van der Waals surface area contributed by atoms with Crippen LogP contribution < -0.4 is 5.32 Å². The van der Waals surface area contributed by atoms with Gasteiger partial charge in [0.05, 0.1) is 0 Å². The van der Waals surface area contributed by atoms with E-state index in [4.69, 9.17) is 0 Å². The van der Waals surface area contributed by atoms with Gasteiger partial charge in [-0.1, -0.05) is 13.3 Å². The molecule has 2 bridgehead atoms. The summed E-state index contributed by atoms with van der Waals surface area (Å²) in [5, 5.41) is 3.10. The Labute approximate surface area is 80.1 Å². The number of rotatable bonds is 2. The van der Waals surface area contributed by atoms with Gasteiger partial charge in [-0.3, -0.25) is 4.79 Å². The minimum atomic E-state index is 0.146. The number of hydrogen-bond donors (Lipinski definition) is 1.